The molecule has 2 aliphatic rings. The highest BCUT2D eigenvalue weighted by molar-refractivity contribution is 9.10. The molecule has 0 amide bonds. The fourth-order valence-corrected chi connectivity index (χ4v) is 3.58. The van der Waals surface area contributed by atoms with Gasteiger partial charge in [0.15, 0.2) is 0 Å². The Labute approximate surface area is 117 Å². The lowest BCUT2D eigenvalue weighted by Crippen LogP contribution is -2.50. The normalized spacial score (nSPS) is 24.3. The van der Waals surface area contributed by atoms with E-state index >= 15 is 0 Å². The highest BCUT2D eigenvalue weighted by Crippen LogP contribution is 2.28. The summed E-state index contributed by atoms with van der Waals surface area (Å²) in [4.78, 5) is 5.09. The zero-order chi connectivity index (χ0) is 12.5. The number of halogens is 1. The van der Waals surface area contributed by atoms with Gasteiger partial charge in [-0.1, -0.05) is 22.0 Å². The van der Waals surface area contributed by atoms with Gasteiger partial charge in [0.05, 0.1) is 6.61 Å². The monoisotopic (exact) mass is 310 g/mol. The molecule has 4 heteroatoms. The average molecular weight is 311 g/mol. The van der Waals surface area contributed by atoms with Gasteiger partial charge < -0.3 is 10.0 Å². The summed E-state index contributed by atoms with van der Waals surface area (Å²) in [5.74, 6) is 0. The van der Waals surface area contributed by atoms with Gasteiger partial charge in [0.1, 0.15) is 0 Å². The van der Waals surface area contributed by atoms with E-state index in [0.29, 0.717) is 0 Å². The van der Waals surface area contributed by atoms with Crippen LogP contribution in [0.2, 0.25) is 0 Å². The first-order chi connectivity index (χ1) is 8.78. The molecule has 98 valence electrons. The van der Waals surface area contributed by atoms with Gasteiger partial charge in [-0.3, -0.25) is 4.90 Å². The largest absolute Gasteiger partial charge is 0.392 e. The number of benzene rings is 1. The fraction of sp³-hybridized carbons (Fsp3) is 0.571. The molecular weight excluding hydrogens is 292 g/mol. The second kappa shape index (κ2) is 5.19. The minimum Gasteiger partial charge on any atom is -0.392 e. The molecule has 1 aromatic carbocycles. The first-order valence-electron chi connectivity index (χ1n) is 6.66. The van der Waals surface area contributed by atoms with Gasteiger partial charge in [0, 0.05) is 35.8 Å². The van der Waals surface area contributed by atoms with E-state index in [1.165, 1.54) is 31.6 Å². The molecule has 1 atom stereocenters. The molecule has 18 heavy (non-hydrogen) atoms. The number of aliphatic hydroxyl groups excluding tert-OH is 1. The average Bonchev–Trinajstić information content (AvgIpc) is 2.85. The van der Waals surface area contributed by atoms with E-state index in [1.807, 2.05) is 6.07 Å². The van der Waals surface area contributed by atoms with Crippen LogP contribution in [0.25, 0.3) is 0 Å². The third-order valence-electron chi connectivity index (χ3n) is 4.16. The number of nitrogens with zero attached hydrogens (tertiary/aromatic N) is 2. The molecule has 0 spiro atoms. The standard InChI is InChI=1S/C14H19BrN2O/c15-14-8-12(4-3-11(14)10-18)17-7-6-16-5-1-2-13(16)9-17/h3-4,8,13,18H,1-2,5-7,9-10H2. The highest BCUT2D eigenvalue weighted by Gasteiger charge is 2.30. The van der Waals surface area contributed by atoms with Crippen molar-refractivity contribution in [3.8, 4) is 0 Å². The molecule has 3 rings (SSSR count). The first kappa shape index (κ1) is 12.5. The van der Waals surface area contributed by atoms with Crippen molar-refractivity contribution in [3.05, 3.63) is 28.2 Å². The van der Waals surface area contributed by atoms with Crippen LogP contribution >= 0.6 is 15.9 Å². The second-order valence-electron chi connectivity index (χ2n) is 5.21. The number of hydrogen-bond donors (Lipinski definition) is 1. The number of aliphatic hydroxyl groups is 1. The van der Waals surface area contributed by atoms with Crippen LogP contribution in [0.1, 0.15) is 18.4 Å². The maximum Gasteiger partial charge on any atom is 0.0692 e. The van der Waals surface area contributed by atoms with Crippen LogP contribution in [-0.4, -0.2) is 42.2 Å². The molecule has 0 bridgehead atoms. The van der Waals surface area contributed by atoms with Crippen molar-refractivity contribution >= 4 is 21.6 Å². The van der Waals surface area contributed by atoms with E-state index in [0.717, 1.165) is 29.2 Å². The van der Waals surface area contributed by atoms with E-state index < -0.39 is 0 Å². The van der Waals surface area contributed by atoms with Crippen molar-refractivity contribution in [3.63, 3.8) is 0 Å². The van der Waals surface area contributed by atoms with Crippen LogP contribution < -0.4 is 4.90 Å². The van der Waals surface area contributed by atoms with Crippen molar-refractivity contribution in [1.29, 1.82) is 0 Å². The molecule has 2 aliphatic heterocycles. The van der Waals surface area contributed by atoms with Crippen LogP contribution in [0.15, 0.2) is 22.7 Å². The van der Waals surface area contributed by atoms with Gasteiger partial charge in [-0.15, -0.1) is 0 Å². The van der Waals surface area contributed by atoms with Gasteiger partial charge in [0.2, 0.25) is 0 Å². The molecule has 0 aromatic heterocycles. The Morgan fingerprint density at radius 3 is 2.94 bits per heavy atom. The summed E-state index contributed by atoms with van der Waals surface area (Å²) in [5, 5.41) is 9.19. The Hall–Kier alpha value is -0.580. The molecular formula is C14H19BrN2O. The molecule has 2 heterocycles. The van der Waals surface area contributed by atoms with Gasteiger partial charge in [-0.25, -0.2) is 0 Å². The van der Waals surface area contributed by atoms with Crippen molar-refractivity contribution in [2.75, 3.05) is 31.1 Å². The van der Waals surface area contributed by atoms with Crippen LogP contribution in [0.3, 0.4) is 0 Å². The highest BCUT2D eigenvalue weighted by atomic mass is 79.9. The minimum absolute atomic E-state index is 0.0945. The Morgan fingerprint density at radius 2 is 2.17 bits per heavy atom. The van der Waals surface area contributed by atoms with E-state index in [4.69, 9.17) is 0 Å². The predicted molar refractivity (Wildman–Crippen MR) is 76.9 cm³/mol. The molecule has 2 fully saturated rings. The predicted octanol–water partition coefficient (Wildman–Crippen LogP) is 2.23. The molecule has 0 radical (unpaired) electrons. The Balaban J connectivity index is 1.76. The fourth-order valence-electron chi connectivity index (χ4n) is 3.09. The first-order valence-corrected chi connectivity index (χ1v) is 7.45. The molecule has 1 unspecified atom stereocenters. The lowest BCUT2D eigenvalue weighted by Gasteiger charge is -2.39. The SMILES string of the molecule is OCc1ccc(N2CCN3CCCC3C2)cc1Br. The third-order valence-corrected chi connectivity index (χ3v) is 4.90. The number of rotatable bonds is 2. The Bertz CT molecular complexity index is 438. The van der Waals surface area contributed by atoms with Gasteiger partial charge in [0.25, 0.3) is 0 Å². The summed E-state index contributed by atoms with van der Waals surface area (Å²) in [6, 6.07) is 7.02. The molecule has 3 nitrogen and oxygen atoms in total. The Morgan fingerprint density at radius 1 is 1.28 bits per heavy atom. The molecule has 0 saturated carbocycles. The summed E-state index contributed by atoms with van der Waals surface area (Å²) < 4.78 is 1.01. The lowest BCUT2D eigenvalue weighted by atomic mass is 10.1. The van der Waals surface area contributed by atoms with E-state index in [1.54, 1.807) is 0 Å². The van der Waals surface area contributed by atoms with E-state index in [2.05, 4.69) is 37.9 Å². The topological polar surface area (TPSA) is 26.7 Å². The summed E-state index contributed by atoms with van der Waals surface area (Å²) in [6.45, 7) is 4.82. The van der Waals surface area contributed by atoms with Crippen LogP contribution in [0, 0.1) is 0 Å². The number of hydrogen-bond acceptors (Lipinski definition) is 3. The van der Waals surface area contributed by atoms with Crippen molar-refractivity contribution < 1.29 is 5.11 Å². The smallest absolute Gasteiger partial charge is 0.0692 e. The zero-order valence-electron chi connectivity index (χ0n) is 10.5. The third kappa shape index (κ3) is 2.29. The van der Waals surface area contributed by atoms with Crippen LogP contribution in [-0.2, 0) is 6.61 Å². The van der Waals surface area contributed by atoms with Crippen LogP contribution in [0.4, 0.5) is 5.69 Å². The molecule has 1 N–H and O–H groups in total. The lowest BCUT2D eigenvalue weighted by molar-refractivity contribution is 0.231. The number of piperazine rings is 1. The maximum absolute atomic E-state index is 9.19. The number of fused-ring (bicyclic) bond motifs is 1. The van der Waals surface area contributed by atoms with Crippen molar-refractivity contribution in [2.24, 2.45) is 0 Å². The van der Waals surface area contributed by atoms with Crippen LogP contribution in [0.5, 0.6) is 0 Å². The second-order valence-corrected chi connectivity index (χ2v) is 6.07. The Kier molecular flexibility index (Phi) is 3.59. The molecule has 0 aliphatic carbocycles. The summed E-state index contributed by atoms with van der Waals surface area (Å²) in [5.41, 5.74) is 2.23. The summed E-state index contributed by atoms with van der Waals surface area (Å²) in [6.07, 6.45) is 2.69. The van der Waals surface area contributed by atoms with Gasteiger partial charge in [-0.2, -0.15) is 0 Å². The van der Waals surface area contributed by atoms with Crippen molar-refractivity contribution in [1.82, 2.24) is 4.90 Å². The summed E-state index contributed by atoms with van der Waals surface area (Å²) >= 11 is 3.53. The van der Waals surface area contributed by atoms with Gasteiger partial charge in [-0.05, 0) is 37.1 Å². The molecule has 2 saturated heterocycles. The zero-order valence-corrected chi connectivity index (χ0v) is 12.1. The minimum atomic E-state index is 0.0945. The van der Waals surface area contributed by atoms with E-state index in [-0.39, 0.29) is 6.61 Å². The maximum atomic E-state index is 9.19. The quantitative estimate of drug-likeness (QED) is 0.907. The summed E-state index contributed by atoms with van der Waals surface area (Å²) in [7, 11) is 0. The molecule has 1 aromatic rings. The van der Waals surface area contributed by atoms with Crippen molar-refractivity contribution in [2.45, 2.75) is 25.5 Å². The number of anilines is 1. The van der Waals surface area contributed by atoms with Gasteiger partial charge >= 0.3 is 0 Å². The van der Waals surface area contributed by atoms with E-state index in [9.17, 15) is 5.11 Å².